The molecule has 298 valence electrons. The summed E-state index contributed by atoms with van der Waals surface area (Å²) in [6.07, 6.45) is 3.68. The summed E-state index contributed by atoms with van der Waals surface area (Å²) in [5.74, 6) is 1.84. The van der Waals surface area contributed by atoms with Gasteiger partial charge in [0, 0.05) is 39.9 Å². The normalized spacial score (nSPS) is 11.4. The lowest BCUT2D eigenvalue weighted by molar-refractivity contribution is 1.08. The van der Waals surface area contributed by atoms with E-state index in [0.29, 0.717) is 17.5 Å². The van der Waals surface area contributed by atoms with Crippen LogP contribution in [-0.2, 0) is 0 Å². The van der Waals surface area contributed by atoms with Crippen molar-refractivity contribution in [3.63, 3.8) is 0 Å². The van der Waals surface area contributed by atoms with Gasteiger partial charge in [0.2, 0.25) is 0 Å². The largest absolute Gasteiger partial charge is 0.256 e. The summed E-state index contributed by atoms with van der Waals surface area (Å²) < 4.78 is 0. The maximum absolute atomic E-state index is 5.35. The van der Waals surface area contributed by atoms with Gasteiger partial charge in [-0.15, -0.1) is 0 Å². The van der Waals surface area contributed by atoms with Crippen molar-refractivity contribution >= 4 is 43.4 Å². The molecule has 9 aromatic carbocycles. The third-order valence-electron chi connectivity index (χ3n) is 12.2. The number of pyridine rings is 2. The molecule has 0 amide bonds. The Morgan fingerprint density at radius 3 is 1.12 bits per heavy atom. The van der Waals surface area contributed by atoms with Crippen LogP contribution in [0.3, 0.4) is 0 Å². The lowest BCUT2D eigenvalue weighted by Gasteiger charge is -2.15. The van der Waals surface area contributed by atoms with Crippen LogP contribution in [0.4, 0.5) is 0 Å². The molecule has 12 aromatic rings. The highest BCUT2D eigenvalue weighted by molar-refractivity contribution is 5.98. The average molecular weight is 816 g/mol. The van der Waals surface area contributed by atoms with E-state index < -0.39 is 0 Å². The first-order valence-corrected chi connectivity index (χ1v) is 21.5. The molecule has 0 aliphatic rings. The quantitative estimate of drug-likeness (QED) is 0.160. The molecule has 0 aliphatic carbocycles. The zero-order valence-corrected chi connectivity index (χ0v) is 34.6. The summed E-state index contributed by atoms with van der Waals surface area (Å²) in [5, 5.41) is 6.64. The molecule has 3 aromatic heterocycles. The molecule has 0 N–H and O–H groups in total. The zero-order valence-electron chi connectivity index (χ0n) is 34.6. The lowest BCUT2D eigenvalue weighted by atomic mass is 9.92. The summed E-state index contributed by atoms with van der Waals surface area (Å²) in [6.45, 7) is 0. The highest BCUT2D eigenvalue weighted by atomic mass is 15.0. The molecule has 5 heteroatoms. The van der Waals surface area contributed by atoms with Gasteiger partial charge in [-0.05, 0) is 133 Å². The van der Waals surface area contributed by atoms with Crippen LogP contribution in [-0.4, -0.2) is 24.9 Å². The molecule has 0 aliphatic heterocycles. The highest BCUT2D eigenvalue weighted by Gasteiger charge is 2.18. The third kappa shape index (κ3) is 6.91. The standard InChI is InChI=1S/C59H37N5/c1-3-21-51-38(11-1)13-7-23-53(51)58-62-57(63-59(64-58)54-24-8-14-39-12-2-4-22-52(39)54)50-36-48(42-17-5-15-40(31-42)44-25-27-55-46(33-44)19-9-29-60-55)35-49(37-50)43-18-6-16-41(32-43)45-26-28-56-47(34-45)20-10-30-61-56/h1-37H. The summed E-state index contributed by atoms with van der Waals surface area (Å²) in [6, 6.07) is 74.9. The maximum Gasteiger partial charge on any atom is 0.164 e. The number of hydrogen-bond acceptors (Lipinski definition) is 5. The number of benzene rings is 9. The number of nitrogens with zero attached hydrogens (tertiary/aromatic N) is 5. The fraction of sp³-hybridized carbons (Fsp3) is 0. The molecule has 0 unspecified atom stereocenters. The van der Waals surface area contributed by atoms with Gasteiger partial charge < -0.3 is 0 Å². The number of rotatable bonds is 7. The molecule has 0 spiro atoms. The van der Waals surface area contributed by atoms with E-state index in [1.807, 2.05) is 24.5 Å². The Balaban J connectivity index is 1.07. The van der Waals surface area contributed by atoms with E-state index in [1.165, 1.54) is 0 Å². The van der Waals surface area contributed by atoms with Gasteiger partial charge in [-0.25, -0.2) is 15.0 Å². The van der Waals surface area contributed by atoms with Crippen molar-refractivity contribution in [2.45, 2.75) is 0 Å². The first kappa shape index (κ1) is 37.1. The van der Waals surface area contributed by atoms with Gasteiger partial charge in [0.15, 0.2) is 17.5 Å². The van der Waals surface area contributed by atoms with Gasteiger partial charge in [-0.3, -0.25) is 9.97 Å². The molecular formula is C59H37N5. The number of hydrogen-bond donors (Lipinski definition) is 0. The van der Waals surface area contributed by atoms with Crippen LogP contribution in [0, 0.1) is 0 Å². The number of aromatic nitrogens is 5. The first-order valence-electron chi connectivity index (χ1n) is 21.5. The van der Waals surface area contributed by atoms with Crippen LogP contribution in [0.1, 0.15) is 0 Å². The van der Waals surface area contributed by atoms with E-state index in [2.05, 4.69) is 210 Å². The minimum Gasteiger partial charge on any atom is -0.256 e. The smallest absolute Gasteiger partial charge is 0.164 e. The van der Waals surface area contributed by atoms with Gasteiger partial charge in [-0.2, -0.15) is 0 Å². The maximum atomic E-state index is 5.35. The van der Waals surface area contributed by atoms with Crippen LogP contribution in [0.25, 0.3) is 122 Å². The van der Waals surface area contributed by atoms with E-state index in [9.17, 15) is 0 Å². The molecule has 64 heavy (non-hydrogen) atoms. The Bertz CT molecular complexity index is 3510. The third-order valence-corrected chi connectivity index (χ3v) is 12.2. The Morgan fingerprint density at radius 1 is 0.234 bits per heavy atom. The molecule has 0 atom stereocenters. The fourth-order valence-corrected chi connectivity index (χ4v) is 8.94. The number of fused-ring (bicyclic) bond motifs is 4. The second-order valence-electron chi connectivity index (χ2n) is 16.1. The van der Waals surface area contributed by atoms with Crippen molar-refractivity contribution in [2.75, 3.05) is 0 Å². The predicted octanol–water partition coefficient (Wildman–Crippen LogP) is 14.9. The Hall–Kier alpha value is -8.67. The molecular weight excluding hydrogens is 779 g/mol. The minimum atomic E-state index is 0.598. The van der Waals surface area contributed by atoms with Crippen LogP contribution in [0.15, 0.2) is 225 Å². The van der Waals surface area contributed by atoms with Gasteiger partial charge in [0.05, 0.1) is 11.0 Å². The molecule has 12 rings (SSSR count). The zero-order chi connectivity index (χ0) is 42.4. The van der Waals surface area contributed by atoms with Crippen LogP contribution in [0.2, 0.25) is 0 Å². The first-order chi connectivity index (χ1) is 31.7. The topological polar surface area (TPSA) is 64.5 Å². The average Bonchev–Trinajstić information content (AvgIpc) is 3.37. The second kappa shape index (κ2) is 15.7. The molecule has 0 fully saturated rings. The fourth-order valence-electron chi connectivity index (χ4n) is 8.94. The van der Waals surface area contributed by atoms with E-state index in [1.54, 1.807) is 0 Å². The van der Waals surface area contributed by atoms with Crippen molar-refractivity contribution in [1.29, 1.82) is 0 Å². The van der Waals surface area contributed by atoms with Gasteiger partial charge >= 0.3 is 0 Å². The Morgan fingerprint density at radius 2 is 0.609 bits per heavy atom. The van der Waals surface area contributed by atoms with Crippen molar-refractivity contribution in [3.8, 4) is 78.7 Å². The summed E-state index contributed by atoms with van der Waals surface area (Å²) in [5.41, 5.74) is 13.5. The molecule has 3 heterocycles. The Kier molecular flexibility index (Phi) is 9.08. The Labute approximate surface area is 370 Å². The molecule has 0 bridgehead atoms. The molecule has 0 saturated carbocycles. The van der Waals surface area contributed by atoms with E-state index >= 15 is 0 Å². The van der Waals surface area contributed by atoms with Crippen molar-refractivity contribution < 1.29 is 0 Å². The molecule has 0 saturated heterocycles. The summed E-state index contributed by atoms with van der Waals surface area (Å²) in [7, 11) is 0. The van der Waals surface area contributed by atoms with E-state index in [0.717, 1.165) is 105 Å². The lowest BCUT2D eigenvalue weighted by Crippen LogP contribution is -2.01. The summed E-state index contributed by atoms with van der Waals surface area (Å²) >= 11 is 0. The van der Waals surface area contributed by atoms with Crippen LogP contribution in [0.5, 0.6) is 0 Å². The minimum absolute atomic E-state index is 0.598. The van der Waals surface area contributed by atoms with Crippen molar-refractivity contribution in [3.05, 3.63) is 225 Å². The highest BCUT2D eigenvalue weighted by Crippen LogP contribution is 2.38. The van der Waals surface area contributed by atoms with Crippen LogP contribution < -0.4 is 0 Å². The van der Waals surface area contributed by atoms with Gasteiger partial charge in [0.1, 0.15) is 0 Å². The predicted molar refractivity (Wildman–Crippen MR) is 263 cm³/mol. The molecule has 5 nitrogen and oxygen atoms in total. The van der Waals surface area contributed by atoms with Crippen molar-refractivity contribution in [1.82, 2.24) is 24.9 Å². The van der Waals surface area contributed by atoms with E-state index in [-0.39, 0.29) is 0 Å². The summed E-state index contributed by atoms with van der Waals surface area (Å²) in [4.78, 5) is 25.1. The molecule has 0 radical (unpaired) electrons. The van der Waals surface area contributed by atoms with Gasteiger partial charge in [0.25, 0.3) is 0 Å². The van der Waals surface area contributed by atoms with Crippen molar-refractivity contribution in [2.24, 2.45) is 0 Å². The monoisotopic (exact) mass is 815 g/mol. The van der Waals surface area contributed by atoms with Crippen LogP contribution >= 0.6 is 0 Å². The van der Waals surface area contributed by atoms with Gasteiger partial charge in [-0.1, -0.05) is 146 Å². The SMILES string of the molecule is c1cc(-c2cc(-c3cccc(-c4ccc5ncccc5c4)c3)cc(-c3nc(-c4cccc5ccccc45)nc(-c4cccc5ccccc45)n3)c2)cc(-c2ccc3ncccc3c2)c1. The second-order valence-corrected chi connectivity index (χ2v) is 16.1. The van der Waals surface area contributed by atoms with E-state index in [4.69, 9.17) is 15.0 Å².